The SMILES string of the molecule is O=C(O)c1cccc2c1ccn2F. The molecular weight excluding hydrogens is 173 g/mol. The fourth-order valence-corrected chi connectivity index (χ4v) is 1.32. The van der Waals surface area contributed by atoms with Gasteiger partial charge in [0.2, 0.25) is 0 Å². The minimum absolute atomic E-state index is 0.119. The number of carboxylic acid groups (broad SMARTS) is 1. The van der Waals surface area contributed by atoms with Crippen molar-refractivity contribution in [3.05, 3.63) is 36.0 Å². The molecule has 0 amide bonds. The average molecular weight is 179 g/mol. The number of hydrogen-bond donors (Lipinski definition) is 1. The Labute approximate surface area is 73.0 Å². The Hall–Kier alpha value is -1.84. The second kappa shape index (κ2) is 2.58. The van der Waals surface area contributed by atoms with Gasteiger partial charge in [-0.2, -0.15) is 4.79 Å². The predicted molar refractivity (Wildman–Crippen MR) is 45.4 cm³/mol. The third kappa shape index (κ3) is 1.07. The fraction of sp³-hybridized carbons (Fsp3) is 0. The molecule has 1 heterocycles. The maximum Gasteiger partial charge on any atom is 0.336 e. The zero-order chi connectivity index (χ0) is 9.42. The lowest BCUT2D eigenvalue weighted by Crippen LogP contribution is -1.96. The lowest BCUT2D eigenvalue weighted by atomic mass is 10.1. The summed E-state index contributed by atoms with van der Waals surface area (Å²) >= 11 is 0. The summed E-state index contributed by atoms with van der Waals surface area (Å²) < 4.78 is 12.9. The van der Waals surface area contributed by atoms with E-state index < -0.39 is 5.97 Å². The van der Waals surface area contributed by atoms with Gasteiger partial charge in [-0.25, -0.2) is 4.79 Å². The molecule has 0 aliphatic rings. The van der Waals surface area contributed by atoms with Crippen LogP contribution in [-0.2, 0) is 0 Å². The van der Waals surface area contributed by atoms with Gasteiger partial charge >= 0.3 is 5.97 Å². The van der Waals surface area contributed by atoms with Crippen molar-refractivity contribution in [3.8, 4) is 0 Å². The summed E-state index contributed by atoms with van der Waals surface area (Å²) in [4.78, 5) is 11.1. The Balaban J connectivity index is 2.84. The minimum atomic E-state index is -1.04. The number of benzene rings is 1. The minimum Gasteiger partial charge on any atom is -0.478 e. The summed E-state index contributed by atoms with van der Waals surface area (Å²) in [6.07, 6.45) is 1.19. The number of halogens is 1. The molecule has 1 aromatic heterocycles. The molecule has 0 aliphatic carbocycles. The average Bonchev–Trinajstić information content (AvgIpc) is 2.48. The van der Waals surface area contributed by atoms with Crippen molar-refractivity contribution in [3.63, 3.8) is 0 Å². The van der Waals surface area contributed by atoms with Crippen LogP contribution in [0.1, 0.15) is 10.4 Å². The molecule has 66 valence electrons. The fourth-order valence-electron chi connectivity index (χ4n) is 1.32. The number of aromatic nitrogens is 1. The first-order chi connectivity index (χ1) is 6.20. The largest absolute Gasteiger partial charge is 0.478 e. The second-order valence-electron chi connectivity index (χ2n) is 2.67. The first-order valence-corrected chi connectivity index (χ1v) is 3.69. The molecule has 0 fully saturated rings. The van der Waals surface area contributed by atoms with Crippen molar-refractivity contribution in [1.82, 2.24) is 4.79 Å². The lowest BCUT2D eigenvalue weighted by molar-refractivity contribution is 0.0699. The van der Waals surface area contributed by atoms with Crippen LogP contribution in [0.25, 0.3) is 10.9 Å². The lowest BCUT2D eigenvalue weighted by Gasteiger charge is -1.96. The molecule has 13 heavy (non-hydrogen) atoms. The summed E-state index contributed by atoms with van der Waals surface area (Å²) in [7, 11) is 0. The molecule has 1 aromatic carbocycles. The Morgan fingerprint density at radius 3 is 2.85 bits per heavy atom. The molecule has 1 N–H and O–H groups in total. The third-order valence-electron chi connectivity index (χ3n) is 1.92. The monoisotopic (exact) mass is 179 g/mol. The molecule has 4 heteroatoms. The summed E-state index contributed by atoms with van der Waals surface area (Å²) in [5, 5.41) is 9.17. The molecule has 0 bridgehead atoms. The maximum absolute atomic E-state index is 12.9. The number of rotatable bonds is 1. The molecule has 2 rings (SSSR count). The zero-order valence-electron chi connectivity index (χ0n) is 6.57. The summed E-state index contributed by atoms with van der Waals surface area (Å²) in [6, 6.07) is 5.94. The number of aromatic carboxylic acids is 1. The van der Waals surface area contributed by atoms with Crippen LogP contribution in [0.5, 0.6) is 0 Å². The van der Waals surface area contributed by atoms with Crippen LogP contribution in [0, 0.1) is 0 Å². The smallest absolute Gasteiger partial charge is 0.336 e. The quantitative estimate of drug-likeness (QED) is 0.728. The highest BCUT2D eigenvalue weighted by Gasteiger charge is 2.09. The Morgan fingerprint density at radius 1 is 1.38 bits per heavy atom. The van der Waals surface area contributed by atoms with Crippen LogP contribution >= 0.6 is 0 Å². The van der Waals surface area contributed by atoms with Crippen LogP contribution in [0.15, 0.2) is 30.5 Å². The van der Waals surface area contributed by atoms with E-state index in [9.17, 15) is 9.28 Å². The molecule has 0 aliphatic heterocycles. The zero-order valence-corrected chi connectivity index (χ0v) is 6.57. The summed E-state index contributed by atoms with van der Waals surface area (Å²) in [6.45, 7) is 0. The number of nitrogens with zero attached hydrogens (tertiary/aromatic N) is 1. The van der Waals surface area contributed by atoms with Gasteiger partial charge < -0.3 is 5.11 Å². The predicted octanol–water partition coefficient (Wildman–Crippen LogP) is 2.07. The van der Waals surface area contributed by atoms with Crippen LogP contribution in [0.4, 0.5) is 4.48 Å². The molecule has 0 spiro atoms. The van der Waals surface area contributed by atoms with E-state index in [0.29, 0.717) is 10.2 Å². The van der Waals surface area contributed by atoms with E-state index in [2.05, 4.69) is 0 Å². The van der Waals surface area contributed by atoms with Crippen molar-refractivity contribution >= 4 is 16.9 Å². The van der Waals surface area contributed by atoms with Crippen LogP contribution in [0.3, 0.4) is 0 Å². The topological polar surface area (TPSA) is 42.2 Å². The number of hydrogen-bond acceptors (Lipinski definition) is 1. The Bertz CT molecular complexity index is 475. The summed E-state index contributed by atoms with van der Waals surface area (Å²) in [5.41, 5.74) is 0.397. The van der Waals surface area contributed by atoms with Gasteiger partial charge in [-0.3, -0.25) is 0 Å². The van der Waals surface area contributed by atoms with Crippen LogP contribution in [0.2, 0.25) is 0 Å². The Kier molecular flexibility index (Phi) is 1.55. The maximum atomic E-state index is 12.9. The third-order valence-corrected chi connectivity index (χ3v) is 1.92. The normalized spacial score (nSPS) is 10.5. The van der Waals surface area contributed by atoms with Crippen LogP contribution < -0.4 is 0 Å². The summed E-state index contributed by atoms with van der Waals surface area (Å²) in [5.74, 6) is -1.04. The van der Waals surface area contributed by atoms with Gasteiger partial charge in [-0.05, 0) is 18.2 Å². The van der Waals surface area contributed by atoms with Gasteiger partial charge in [0.15, 0.2) is 0 Å². The number of carboxylic acids is 1. The molecule has 0 unspecified atom stereocenters. The first kappa shape index (κ1) is 7.79. The van der Waals surface area contributed by atoms with Crippen molar-refractivity contribution in [2.45, 2.75) is 0 Å². The van der Waals surface area contributed by atoms with Gasteiger partial charge in [0, 0.05) is 11.6 Å². The highest BCUT2D eigenvalue weighted by molar-refractivity contribution is 6.02. The highest BCUT2D eigenvalue weighted by atomic mass is 19.2. The second-order valence-corrected chi connectivity index (χ2v) is 2.67. The van der Waals surface area contributed by atoms with Crippen molar-refractivity contribution in [2.75, 3.05) is 0 Å². The molecule has 3 nitrogen and oxygen atoms in total. The highest BCUT2D eigenvalue weighted by Crippen LogP contribution is 2.19. The van der Waals surface area contributed by atoms with Crippen molar-refractivity contribution in [1.29, 1.82) is 0 Å². The molecule has 0 atom stereocenters. The van der Waals surface area contributed by atoms with E-state index in [1.165, 1.54) is 30.5 Å². The molecular formula is C9H6FNO2. The molecule has 0 saturated heterocycles. The van der Waals surface area contributed by atoms with Gasteiger partial charge in [0.05, 0.1) is 11.1 Å². The van der Waals surface area contributed by atoms with Gasteiger partial charge in [-0.1, -0.05) is 10.5 Å². The van der Waals surface area contributed by atoms with E-state index in [0.717, 1.165) is 0 Å². The van der Waals surface area contributed by atoms with Gasteiger partial charge in [0.1, 0.15) is 0 Å². The van der Waals surface area contributed by atoms with E-state index >= 15 is 0 Å². The molecule has 0 saturated carbocycles. The van der Waals surface area contributed by atoms with Gasteiger partial charge in [0.25, 0.3) is 0 Å². The molecule has 0 radical (unpaired) electrons. The standard InChI is InChI=1S/C9H6FNO2/c10-11-5-4-6-7(9(12)13)2-1-3-8(6)11/h1-5H,(H,12,13). The van der Waals surface area contributed by atoms with E-state index in [1.807, 2.05) is 0 Å². The first-order valence-electron chi connectivity index (χ1n) is 3.69. The number of fused-ring (bicyclic) bond motifs is 1. The van der Waals surface area contributed by atoms with E-state index in [1.54, 1.807) is 0 Å². The van der Waals surface area contributed by atoms with E-state index in [4.69, 9.17) is 5.11 Å². The number of carbonyl (C=O) groups is 1. The van der Waals surface area contributed by atoms with Crippen molar-refractivity contribution < 1.29 is 14.4 Å². The van der Waals surface area contributed by atoms with Crippen LogP contribution in [-0.4, -0.2) is 15.9 Å². The molecule has 2 aromatic rings. The Morgan fingerprint density at radius 2 is 2.15 bits per heavy atom. The van der Waals surface area contributed by atoms with Gasteiger partial charge in [-0.15, -0.1) is 0 Å². The van der Waals surface area contributed by atoms with E-state index in [-0.39, 0.29) is 11.1 Å². The van der Waals surface area contributed by atoms with Crippen molar-refractivity contribution in [2.24, 2.45) is 0 Å².